The predicted molar refractivity (Wildman–Crippen MR) is 66.7 cm³/mol. The first-order chi connectivity index (χ1) is 8.60. The van der Waals surface area contributed by atoms with Gasteiger partial charge in [-0.15, -0.1) is 11.3 Å². The number of aromatic nitrogens is 1. The maximum atomic E-state index is 11.5. The zero-order chi connectivity index (χ0) is 13.1. The van der Waals surface area contributed by atoms with Crippen molar-refractivity contribution in [1.82, 2.24) is 20.2 Å². The molecular weight excluding hydrogens is 254 g/mol. The van der Waals surface area contributed by atoms with Gasteiger partial charge >= 0.3 is 0 Å². The molecule has 1 aromatic rings. The summed E-state index contributed by atoms with van der Waals surface area (Å²) in [4.78, 5) is 30.7. The average molecular weight is 269 g/mol. The number of amides is 2. The van der Waals surface area contributed by atoms with E-state index < -0.39 is 0 Å². The van der Waals surface area contributed by atoms with Crippen LogP contribution >= 0.6 is 11.3 Å². The topological polar surface area (TPSA) is 91.6 Å². The predicted octanol–water partition coefficient (Wildman–Crippen LogP) is -0.979. The molecule has 1 fully saturated rings. The van der Waals surface area contributed by atoms with E-state index in [2.05, 4.69) is 4.98 Å². The van der Waals surface area contributed by atoms with Gasteiger partial charge < -0.3 is 4.90 Å². The van der Waals surface area contributed by atoms with E-state index in [0.29, 0.717) is 18.1 Å². The van der Waals surface area contributed by atoms with Crippen LogP contribution in [0.3, 0.4) is 0 Å². The number of hydrogen-bond acceptors (Lipinski definition) is 6. The Balaban J connectivity index is 1.95. The molecule has 1 saturated heterocycles. The summed E-state index contributed by atoms with van der Waals surface area (Å²) in [6, 6.07) is 0. The van der Waals surface area contributed by atoms with Crippen LogP contribution in [0, 0.1) is 0 Å². The maximum Gasteiger partial charge on any atom is 0.294 e. The van der Waals surface area contributed by atoms with Gasteiger partial charge in [-0.1, -0.05) is 0 Å². The fourth-order valence-electron chi connectivity index (χ4n) is 1.72. The highest BCUT2D eigenvalue weighted by molar-refractivity contribution is 7.11. The van der Waals surface area contributed by atoms with E-state index in [-0.39, 0.29) is 11.8 Å². The van der Waals surface area contributed by atoms with Crippen molar-refractivity contribution in [2.24, 2.45) is 5.84 Å². The molecule has 0 unspecified atom stereocenters. The van der Waals surface area contributed by atoms with Gasteiger partial charge in [0.25, 0.3) is 5.91 Å². The van der Waals surface area contributed by atoms with Crippen LogP contribution in [0.2, 0.25) is 0 Å². The number of nitrogens with zero attached hydrogens (tertiary/aromatic N) is 3. The standard InChI is InChI=1S/C10H15N5O2S/c1-14-2-3-15(5-8(14)16)4-7-6-18-10(12-7)9(17)13-11/h6H,2-5,11H2,1H3,(H,13,17). The fourth-order valence-corrected chi connectivity index (χ4v) is 2.43. The second kappa shape index (κ2) is 5.42. The maximum absolute atomic E-state index is 11.5. The molecule has 2 rings (SSSR count). The molecule has 0 atom stereocenters. The minimum Gasteiger partial charge on any atom is -0.343 e. The molecule has 0 radical (unpaired) electrons. The summed E-state index contributed by atoms with van der Waals surface area (Å²) in [5, 5.41) is 2.15. The van der Waals surface area contributed by atoms with Crippen LogP contribution in [0.15, 0.2) is 5.38 Å². The minimum atomic E-state index is -0.388. The number of hydrazine groups is 1. The van der Waals surface area contributed by atoms with Crippen LogP contribution < -0.4 is 11.3 Å². The lowest BCUT2D eigenvalue weighted by Gasteiger charge is -2.31. The number of rotatable bonds is 3. The smallest absolute Gasteiger partial charge is 0.294 e. The SMILES string of the molecule is CN1CCN(Cc2csc(C(=O)NN)n2)CC1=O. The summed E-state index contributed by atoms with van der Waals surface area (Å²) >= 11 is 1.25. The first-order valence-corrected chi connectivity index (χ1v) is 6.40. The molecule has 98 valence electrons. The Kier molecular flexibility index (Phi) is 3.90. The highest BCUT2D eigenvalue weighted by Crippen LogP contribution is 2.13. The van der Waals surface area contributed by atoms with E-state index in [9.17, 15) is 9.59 Å². The van der Waals surface area contributed by atoms with Crippen LogP contribution in [0.1, 0.15) is 15.5 Å². The fraction of sp³-hybridized carbons (Fsp3) is 0.500. The van der Waals surface area contributed by atoms with Crippen molar-refractivity contribution < 1.29 is 9.59 Å². The quantitative estimate of drug-likeness (QED) is 0.418. The summed E-state index contributed by atoms with van der Waals surface area (Å²) < 4.78 is 0. The molecule has 0 saturated carbocycles. The van der Waals surface area contributed by atoms with E-state index in [1.54, 1.807) is 11.9 Å². The Hall–Kier alpha value is -1.51. The Morgan fingerprint density at radius 1 is 1.61 bits per heavy atom. The lowest BCUT2D eigenvalue weighted by Crippen LogP contribution is -2.48. The molecule has 0 aliphatic carbocycles. The lowest BCUT2D eigenvalue weighted by molar-refractivity contribution is -0.134. The third-order valence-electron chi connectivity index (χ3n) is 2.80. The largest absolute Gasteiger partial charge is 0.343 e. The molecule has 1 aromatic heterocycles. The van der Waals surface area contributed by atoms with Crippen molar-refractivity contribution in [1.29, 1.82) is 0 Å². The van der Waals surface area contributed by atoms with Gasteiger partial charge in [-0.05, 0) is 0 Å². The number of nitrogens with two attached hydrogens (primary N) is 1. The second-order valence-electron chi connectivity index (χ2n) is 4.14. The van der Waals surface area contributed by atoms with Crippen molar-refractivity contribution >= 4 is 23.2 Å². The van der Waals surface area contributed by atoms with Gasteiger partial charge in [-0.3, -0.25) is 19.9 Å². The number of carbonyl (C=O) groups excluding carboxylic acids is 2. The van der Waals surface area contributed by atoms with E-state index in [1.807, 2.05) is 15.7 Å². The average Bonchev–Trinajstić information content (AvgIpc) is 2.81. The number of carbonyl (C=O) groups is 2. The molecule has 8 heteroatoms. The molecule has 0 bridgehead atoms. The number of nitrogens with one attached hydrogen (secondary N) is 1. The van der Waals surface area contributed by atoms with E-state index in [1.165, 1.54) is 11.3 Å². The van der Waals surface area contributed by atoms with Crippen LogP contribution in [-0.4, -0.2) is 53.3 Å². The number of likely N-dealkylation sites (N-methyl/N-ethyl adjacent to an activating group) is 1. The Labute approximate surface area is 109 Å². The van der Waals surface area contributed by atoms with Crippen LogP contribution in [0.5, 0.6) is 0 Å². The zero-order valence-electron chi connectivity index (χ0n) is 10.0. The van der Waals surface area contributed by atoms with Crippen LogP contribution in [-0.2, 0) is 11.3 Å². The molecule has 1 aliphatic heterocycles. The third-order valence-corrected chi connectivity index (χ3v) is 3.69. The first kappa shape index (κ1) is 12.9. The third kappa shape index (κ3) is 2.84. The lowest BCUT2D eigenvalue weighted by atomic mass is 10.3. The molecular formula is C10H15N5O2S. The Bertz CT molecular complexity index is 461. The van der Waals surface area contributed by atoms with Crippen molar-refractivity contribution in [3.8, 4) is 0 Å². The number of nitrogen functional groups attached to an aromatic ring is 1. The molecule has 18 heavy (non-hydrogen) atoms. The second-order valence-corrected chi connectivity index (χ2v) is 5.00. The van der Waals surface area contributed by atoms with E-state index in [0.717, 1.165) is 18.8 Å². The van der Waals surface area contributed by atoms with Crippen molar-refractivity contribution in [2.45, 2.75) is 6.54 Å². The van der Waals surface area contributed by atoms with Gasteiger partial charge in [-0.2, -0.15) is 0 Å². The number of thiazole rings is 1. The molecule has 2 amide bonds. The van der Waals surface area contributed by atoms with Crippen molar-refractivity contribution in [2.75, 3.05) is 26.7 Å². The van der Waals surface area contributed by atoms with Gasteiger partial charge in [0.05, 0.1) is 12.2 Å². The summed E-state index contributed by atoms with van der Waals surface area (Å²) in [5.41, 5.74) is 2.83. The van der Waals surface area contributed by atoms with Gasteiger partial charge in [0.15, 0.2) is 5.01 Å². The highest BCUT2D eigenvalue weighted by Gasteiger charge is 2.21. The number of piperazine rings is 1. The van der Waals surface area contributed by atoms with Gasteiger partial charge in [0, 0.05) is 32.1 Å². The summed E-state index contributed by atoms with van der Waals surface area (Å²) in [6.45, 7) is 2.51. The summed E-state index contributed by atoms with van der Waals surface area (Å²) in [7, 11) is 1.80. The van der Waals surface area contributed by atoms with Crippen molar-refractivity contribution in [3.63, 3.8) is 0 Å². The normalized spacial score (nSPS) is 17.0. The van der Waals surface area contributed by atoms with Gasteiger partial charge in [0.2, 0.25) is 5.91 Å². The summed E-state index contributed by atoms with van der Waals surface area (Å²) in [6.07, 6.45) is 0. The van der Waals surface area contributed by atoms with E-state index in [4.69, 9.17) is 5.84 Å². The Morgan fingerprint density at radius 3 is 3.06 bits per heavy atom. The summed E-state index contributed by atoms with van der Waals surface area (Å²) in [5.74, 6) is 4.76. The van der Waals surface area contributed by atoms with Crippen LogP contribution in [0.4, 0.5) is 0 Å². The molecule has 2 heterocycles. The highest BCUT2D eigenvalue weighted by atomic mass is 32.1. The van der Waals surface area contributed by atoms with Gasteiger partial charge in [0.1, 0.15) is 0 Å². The first-order valence-electron chi connectivity index (χ1n) is 5.52. The Morgan fingerprint density at radius 2 is 2.39 bits per heavy atom. The molecule has 3 N–H and O–H groups in total. The van der Waals surface area contributed by atoms with E-state index >= 15 is 0 Å². The number of hydrogen-bond donors (Lipinski definition) is 2. The monoisotopic (exact) mass is 269 g/mol. The molecule has 0 aromatic carbocycles. The molecule has 1 aliphatic rings. The molecule has 7 nitrogen and oxygen atoms in total. The molecule has 0 spiro atoms. The van der Waals surface area contributed by atoms with Gasteiger partial charge in [-0.25, -0.2) is 10.8 Å². The van der Waals surface area contributed by atoms with Crippen LogP contribution in [0.25, 0.3) is 0 Å². The minimum absolute atomic E-state index is 0.108. The van der Waals surface area contributed by atoms with Crippen molar-refractivity contribution in [3.05, 3.63) is 16.1 Å². The zero-order valence-corrected chi connectivity index (χ0v) is 10.9.